The summed E-state index contributed by atoms with van der Waals surface area (Å²) in [4.78, 5) is 8.36. The highest BCUT2D eigenvalue weighted by Crippen LogP contribution is 2.37. The molecule has 0 bridgehead atoms. The van der Waals surface area contributed by atoms with Gasteiger partial charge in [-0.3, -0.25) is 4.79 Å². The highest BCUT2D eigenvalue weighted by atomic mass is 19.1. The fourth-order valence-corrected chi connectivity index (χ4v) is 2.03. The van der Waals surface area contributed by atoms with Crippen molar-refractivity contribution in [1.82, 2.24) is 0 Å². The number of carbonyl (C=O) groups is 1. The van der Waals surface area contributed by atoms with Gasteiger partial charge in [0, 0.05) is 6.07 Å². The van der Waals surface area contributed by atoms with E-state index in [9.17, 15) is 8.78 Å². The molecule has 1 N–H and O–H groups in total. The monoisotopic (exact) mass is 270 g/mol. The zero-order valence-corrected chi connectivity index (χ0v) is 11.3. The molecule has 19 heavy (non-hydrogen) atoms. The molecule has 0 heterocycles. The molecule has 2 nitrogen and oxygen atoms in total. The van der Waals surface area contributed by atoms with Crippen molar-refractivity contribution in [3.8, 4) is 0 Å². The summed E-state index contributed by atoms with van der Waals surface area (Å²) in [7, 11) is 0. The average Bonchev–Trinajstić information content (AvgIpc) is 2.79. The predicted molar refractivity (Wildman–Crippen MR) is 72.1 cm³/mol. The van der Waals surface area contributed by atoms with Crippen molar-refractivity contribution < 1.29 is 18.7 Å². The van der Waals surface area contributed by atoms with E-state index < -0.39 is 11.6 Å². The summed E-state index contributed by atoms with van der Waals surface area (Å²) in [5.41, 5.74) is 1.80. The van der Waals surface area contributed by atoms with Gasteiger partial charge in [-0.25, -0.2) is 8.78 Å². The van der Waals surface area contributed by atoms with Crippen LogP contribution in [0.3, 0.4) is 0 Å². The number of carboxylic acid groups (broad SMARTS) is 1. The van der Waals surface area contributed by atoms with E-state index in [1.54, 1.807) is 6.07 Å². The maximum atomic E-state index is 13.4. The fourth-order valence-electron chi connectivity index (χ4n) is 2.03. The third-order valence-corrected chi connectivity index (χ3v) is 2.78. The van der Waals surface area contributed by atoms with Crippen LogP contribution in [0.15, 0.2) is 30.4 Å². The van der Waals surface area contributed by atoms with Crippen molar-refractivity contribution in [1.29, 1.82) is 0 Å². The molecule has 0 spiro atoms. The topological polar surface area (TPSA) is 37.3 Å². The lowest BCUT2D eigenvalue weighted by molar-refractivity contribution is -0.122. The summed E-state index contributed by atoms with van der Waals surface area (Å²) in [5, 5.41) is 6.89. The second-order valence-corrected chi connectivity index (χ2v) is 3.96. The van der Waals surface area contributed by atoms with Gasteiger partial charge in [0.05, 0.1) is 0 Å². The summed E-state index contributed by atoms with van der Waals surface area (Å²) in [6.45, 7) is 7.63. The number of halogens is 2. The molecule has 1 fully saturated rings. The van der Waals surface area contributed by atoms with Crippen molar-refractivity contribution in [2.24, 2.45) is 0 Å². The van der Waals surface area contributed by atoms with Crippen LogP contribution in [0.5, 0.6) is 0 Å². The summed E-state index contributed by atoms with van der Waals surface area (Å²) in [6, 6.07) is 3.82. The normalized spacial score (nSPS) is 16.8. The summed E-state index contributed by atoms with van der Waals surface area (Å²) in [6.07, 6.45) is 2.73. The Kier molecular flexibility index (Phi) is 8.42. The van der Waals surface area contributed by atoms with Gasteiger partial charge in [-0.15, -0.1) is 0 Å². The molecule has 0 radical (unpaired) electrons. The van der Waals surface area contributed by atoms with Crippen LogP contribution in [0.2, 0.25) is 0 Å². The maximum absolute atomic E-state index is 13.4. The second-order valence-electron chi connectivity index (χ2n) is 3.96. The Balaban J connectivity index is 0.000000573. The quantitative estimate of drug-likeness (QED) is 0.602. The molecule has 0 amide bonds. The van der Waals surface area contributed by atoms with Gasteiger partial charge in [-0.1, -0.05) is 32.1 Å². The van der Waals surface area contributed by atoms with Crippen LogP contribution < -0.4 is 0 Å². The second kappa shape index (κ2) is 9.25. The van der Waals surface area contributed by atoms with Crippen molar-refractivity contribution in [2.45, 2.75) is 39.0 Å². The Morgan fingerprint density at radius 2 is 1.95 bits per heavy atom. The van der Waals surface area contributed by atoms with Crippen molar-refractivity contribution >= 4 is 6.47 Å². The first-order valence-electron chi connectivity index (χ1n) is 6.28. The lowest BCUT2D eigenvalue weighted by atomic mass is 9.97. The Morgan fingerprint density at radius 3 is 2.37 bits per heavy atom. The van der Waals surface area contributed by atoms with E-state index in [0.29, 0.717) is 5.56 Å². The molecule has 106 valence electrons. The Labute approximate surface area is 112 Å². The van der Waals surface area contributed by atoms with Crippen LogP contribution in [0, 0.1) is 11.6 Å². The van der Waals surface area contributed by atoms with Gasteiger partial charge in [0.15, 0.2) is 0 Å². The highest BCUT2D eigenvalue weighted by Gasteiger charge is 2.22. The van der Waals surface area contributed by atoms with Gasteiger partial charge < -0.3 is 5.11 Å². The first-order valence-corrected chi connectivity index (χ1v) is 6.28. The van der Waals surface area contributed by atoms with E-state index in [0.717, 1.165) is 25.3 Å². The van der Waals surface area contributed by atoms with E-state index in [-0.39, 0.29) is 12.4 Å². The molecule has 1 aliphatic carbocycles. The number of hydrogen-bond acceptors (Lipinski definition) is 1. The summed E-state index contributed by atoms with van der Waals surface area (Å²) < 4.78 is 26.0. The minimum absolute atomic E-state index is 0.197. The van der Waals surface area contributed by atoms with Crippen molar-refractivity contribution in [3.63, 3.8) is 0 Å². The minimum Gasteiger partial charge on any atom is -0.483 e. The number of hydrogen-bond donors (Lipinski definition) is 1. The number of allylic oxidation sites excluding steroid dienone is 1. The number of benzene rings is 1. The van der Waals surface area contributed by atoms with Gasteiger partial charge >= 0.3 is 0 Å². The van der Waals surface area contributed by atoms with Crippen molar-refractivity contribution in [3.05, 3.63) is 47.5 Å². The van der Waals surface area contributed by atoms with Gasteiger partial charge in [0.1, 0.15) is 11.6 Å². The molecule has 1 atom stereocenters. The lowest BCUT2D eigenvalue weighted by Crippen LogP contribution is -1.97. The Hall–Kier alpha value is -1.71. The fraction of sp³-hybridized carbons (Fsp3) is 0.400. The molecule has 0 aliphatic heterocycles. The van der Waals surface area contributed by atoms with Crippen LogP contribution in [-0.2, 0) is 4.79 Å². The smallest absolute Gasteiger partial charge is 0.290 e. The van der Waals surface area contributed by atoms with Gasteiger partial charge in [0.2, 0.25) is 0 Å². The molecular formula is C15H20F2O2. The maximum Gasteiger partial charge on any atom is 0.290 e. The standard InChI is InChI=1S/C12H12F2.C2H6.CH2O2/c1-8-2-3-9(6-8)11-5-4-10(13)7-12(11)14;1-2;2-1-3/h4-5,7,9H,1-3,6H2;1-2H3;1H,(H,2,3). The SMILES string of the molecule is C=C1CCC(c2ccc(F)cc2F)C1.CC.O=CO. The van der Waals surface area contributed by atoms with E-state index >= 15 is 0 Å². The molecule has 0 saturated heterocycles. The molecule has 1 aromatic rings. The van der Waals surface area contributed by atoms with E-state index in [2.05, 4.69) is 6.58 Å². The summed E-state index contributed by atoms with van der Waals surface area (Å²) in [5.74, 6) is -0.740. The number of rotatable bonds is 1. The van der Waals surface area contributed by atoms with Gasteiger partial charge in [-0.2, -0.15) is 0 Å². The molecule has 1 aliphatic rings. The van der Waals surface area contributed by atoms with Gasteiger partial charge in [0.25, 0.3) is 6.47 Å². The van der Waals surface area contributed by atoms with Crippen LogP contribution >= 0.6 is 0 Å². The van der Waals surface area contributed by atoms with Crippen LogP contribution in [-0.4, -0.2) is 11.6 Å². The van der Waals surface area contributed by atoms with Crippen LogP contribution in [0.25, 0.3) is 0 Å². The molecule has 4 heteroatoms. The molecule has 1 saturated carbocycles. The Morgan fingerprint density at radius 1 is 1.37 bits per heavy atom. The molecule has 1 unspecified atom stereocenters. The minimum atomic E-state index is -0.511. The zero-order valence-electron chi connectivity index (χ0n) is 11.3. The zero-order chi connectivity index (χ0) is 14.8. The van der Waals surface area contributed by atoms with Gasteiger partial charge in [-0.05, 0) is 36.8 Å². The lowest BCUT2D eigenvalue weighted by Gasteiger charge is -2.09. The third-order valence-electron chi connectivity index (χ3n) is 2.78. The van der Waals surface area contributed by atoms with Crippen molar-refractivity contribution in [2.75, 3.05) is 0 Å². The highest BCUT2D eigenvalue weighted by molar-refractivity contribution is 5.32. The Bertz CT molecular complexity index is 417. The predicted octanol–water partition coefficient (Wildman–Crippen LogP) is 4.52. The molecule has 2 rings (SSSR count). The largest absolute Gasteiger partial charge is 0.483 e. The molecular weight excluding hydrogens is 250 g/mol. The van der Waals surface area contributed by atoms with E-state index in [4.69, 9.17) is 9.90 Å². The van der Waals surface area contributed by atoms with E-state index in [1.807, 2.05) is 13.8 Å². The van der Waals surface area contributed by atoms with Crippen LogP contribution in [0.4, 0.5) is 8.78 Å². The first kappa shape index (κ1) is 17.3. The molecule has 1 aromatic carbocycles. The first-order chi connectivity index (χ1) is 9.08. The van der Waals surface area contributed by atoms with E-state index in [1.165, 1.54) is 11.6 Å². The average molecular weight is 270 g/mol. The summed E-state index contributed by atoms with van der Waals surface area (Å²) >= 11 is 0. The third kappa shape index (κ3) is 5.64. The van der Waals surface area contributed by atoms with Crippen LogP contribution in [0.1, 0.15) is 44.6 Å². The molecule has 0 aromatic heterocycles.